The number of nitrogens with one attached hydrogen (secondary N) is 2. The molecule has 1 aromatic rings. The van der Waals surface area contributed by atoms with Gasteiger partial charge in [0.2, 0.25) is 5.91 Å². The van der Waals surface area contributed by atoms with Gasteiger partial charge in [-0.3, -0.25) is 20.3 Å². The van der Waals surface area contributed by atoms with Crippen LogP contribution >= 0.6 is 11.8 Å². The smallest absolute Gasteiger partial charge is 0.246 e. The first kappa shape index (κ1) is 29.1. The van der Waals surface area contributed by atoms with Crippen molar-refractivity contribution < 1.29 is 13.9 Å². The Hall–Kier alpha value is -2.00. The molecule has 2 N–H and O–H groups in total. The number of hydrogen-bond acceptors (Lipinski definition) is 8. The van der Waals surface area contributed by atoms with Crippen LogP contribution < -0.4 is 10.6 Å². The van der Waals surface area contributed by atoms with E-state index >= 15 is 0 Å². The Morgan fingerprint density at radius 1 is 1.27 bits per heavy atom. The summed E-state index contributed by atoms with van der Waals surface area (Å²) in [5, 5.41) is 17.2. The number of nitriles is 1. The summed E-state index contributed by atoms with van der Waals surface area (Å²) in [6.07, 6.45) is 8.81. The normalized spacial score (nSPS) is 36.0. The second kappa shape index (κ2) is 12.3. The van der Waals surface area contributed by atoms with E-state index in [1.807, 2.05) is 6.07 Å². The summed E-state index contributed by atoms with van der Waals surface area (Å²) >= 11 is 1.76. The number of nitrogens with zero attached hydrogens (tertiary/aromatic N) is 4. The summed E-state index contributed by atoms with van der Waals surface area (Å²) in [5.74, 6) is 0.147. The molecule has 1 aromatic carbocycles. The predicted molar refractivity (Wildman–Crippen MR) is 157 cm³/mol. The number of amides is 1. The van der Waals surface area contributed by atoms with Gasteiger partial charge >= 0.3 is 0 Å². The molecule has 6 rings (SSSR count). The Balaban J connectivity index is 1.21. The number of halogens is 1. The zero-order valence-corrected chi connectivity index (χ0v) is 24.9. The fourth-order valence-electron chi connectivity index (χ4n) is 7.87. The standard InChI is InChI=1S/C31H43FN6O2S/c1-3-27(39)38-17-16-37(19-22(38)11-14-33)29-24-10-13-31(12-9-21-6-4-8-25(32)28(21)41-31)18-26(24)34-30(35-29)40-20-23-7-5-15-36(23)2/h3-4,6,8,22-24,26,29-30,34-35H,1,5,7,9-13,15-20H2,2H3/t22?,23?,24?,26?,29?,30?,31-/m0/s1. The van der Waals surface area contributed by atoms with E-state index in [1.165, 1.54) is 12.5 Å². The van der Waals surface area contributed by atoms with Crippen LogP contribution in [-0.2, 0) is 16.0 Å². The number of likely N-dealkylation sites (tertiary alicyclic amines) is 1. The van der Waals surface area contributed by atoms with Crippen molar-refractivity contribution in [3.8, 4) is 6.07 Å². The van der Waals surface area contributed by atoms with E-state index in [2.05, 4.69) is 46.2 Å². The van der Waals surface area contributed by atoms with Gasteiger partial charge in [0.1, 0.15) is 5.82 Å². The third-order valence-corrected chi connectivity index (χ3v) is 11.8. The Kier molecular flexibility index (Phi) is 8.74. The number of piperazine rings is 1. The maximum atomic E-state index is 14.9. The van der Waals surface area contributed by atoms with Gasteiger partial charge in [-0.25, -0.2) is 4.39 Å². The molecule has 8 nitrogen and oxygen atoms in total. The average Bonchev–Trinajstić information content (AvgIpc) is 3.40. The summed E-state index contributed by atoms with van der Waals surface area (Å²) in [6.45, 7) is 7.40. The molecule has 222 valence electrons. The number of aryl methyl sites for hydroxylation is 1. The van der Waals surface area contributed by atoms with Crippen LogP contribution in [0.15, 0.2) is 35.7 Å². The molecule has 1 spiro atoms. The van der Waals surface area contributed by atoms with Gasteiger partial charge in [-0.15, -0.1) is 11.8 Å². The van der Waals surface area contributed by atoms with Crippen LogP contribution in [0, 0.1) is 23.1 Å². The zero-order valence-electron chi connectivity index (χ0n) is 24.1. The number of thioether (sulfide) groups is 1. The Morgan fingerprint density at radius 2 is 2.15 bits per heavy atom. The number of benzene rings is 1. The molecule has 4 fully saturated rings. The monoisotopic (exact) mass is 582 g/mol. The van der Waals surface area contributed by atoms with Gasteiger partial charge in [-0.2, -0.15) is 5.26 Å². The molecule has 0 aromatic heterocycles. The Morgan fingerprint density at radius 3 is 2.93 bits per heavy atom. The number of carbonyl (C=O) groups excluding carboxylic acids is 1. The van der Waals surface area contributed by atoms with E-state index in [1.54, 1.807) is 22.7 Å². The first-order valence-electron chi connectivity index (χ1n) is 15.2. The second-order valence-corrected chi connectivity index (χ2v) is 14.0. The van der Waals surface area contributed by atoms with Crippen molar-refractivity contribution in [2.24, 2.45) is 5.92 Å². The van der Waals surface area contributed by atoms with Crippen molar-refractivity contribution >= 4 is 17.7 Å². The van der Waals surface area contributed by atoms with Crippen LogP contribution in [-0.4, -0.2) is 95.8 Å². The van der Waals surface area contributed by atoms with Crippen molar-refractivity contribution in [2.45, 2.75) is 91.7 Å². The Bertz CT molecular complexity index is 1180. The molecule has 1 aliphatic carbocycles. The maximum absolute atomic E-state index is 14.9. The first-order chi connectivity index (χ1) is 19.9. The molecule has 1 amide bonds. The van der Waals surface area contributed by atoms with E-state index in [-0.39, 0.29) is 41.1 Å². The van der Waals surface area contributed by atoms with Gasteiger partial charge in [0.25, 0.3) is 0 Å². The van der Waals surface area contributed by atoms with Crippen LogP contribution in [0.1, 0.15) is 50.5 Å². The van der Waals surface area contributed by atoms with Gasteiger partial charge in [0, 0.05) is 47.3 Å². The summed E-state index contributed by atoms with van der Waals surface area (Å²) in [4.78, 5) is 20.0. The van der Waals surface area contributed by atoms with E-state index in [0.29, 0.717) is 38.1 Å². The lowest BCUT2D eigenvalue weighted by Gasteiger charge is -2.56. The number of hydrogen-bond donors (Lipinski definition) is 2. The number of fused-ring (bicyclic) bond motifs is 2. The molecule has 0 radical (unpaired) electrons. The molecular formula is C31H43FN6O2S. The quantitative estimate of drug-likeness (QED) is 0.495. The number of carbonyl (C=O) groups is 1. The molecule has 1 saturated carbocycles. The number of likely N-dealkylation sites (N-methyl/N-ethyl adjacent to an activating group) is 1. The highest BCUT2D eigenvalue weighted by Crippen LogP contribution is 2.53. The van der Waals surface area contributed by atoms with Crippen molar-refractivity contribution in [1.82, 2.24) is 25.3 Å². The van der Waals surface area contributed by atoms with Gasteiger partial charge < -0.3 is 14.5 Å². The van der Waals surface area contributed by atoms with Crippen molar-refractivity contribution in [1.29, 1.82) is 5.26 Å². The zero-order chi connectivity index (χ0) is 28.6. The van der Waals surface area contributed by atoms with Crippen LogP contribution in [0.5, 0.6) is 0 Å². The molecule has 0 bridgehead atoms. The fourth-order valence-corrected chi connectivity index (χ4v) is 9.46. The molecular weight excluding hydrogens is 539 g/mol. The summed E-state index contributed by atoms with van der Waals surface area (Å²) in [5.41, 5.74) is 1.14. The maximum Gasteiger partial charge on any atom is 0.246 e. The minimum absolute atomic E-state index is 0.0138. The van der Waals surface area contributed by atoms with Gasteiger partial charge in [0.05, 0.1) is 31.3 Å². The van der Waals surface area contributed by atoms with Crippen LogP contribution in [0.3, 0.4) is 0 Å². The predicted octanol–water partition coefficient (Wildman–Crippen LogP) is 3.30. The largest absolute Gasteiger partial charge is 0.348 e. The topological polar surface area (TPSA) is 83.9 Å². The first-order valence-corrected chi connectivity index (χ1v) is 16.1. The highest BCUT2D eigenvalue weighted by atomic mass is 32.2. The molecule has 10 heteroatoms. The van der Waals surface area contributed by atoms with Crippen molar-refractivity contribution in [3.05, 3.63) is 42.2 Å². The molecule has 4 aliphatic heterocycles. The lowest BCUT2D eigenvalue weighted by Crippen LogP contribution is -2.72. The van der Waals surface area contributed by atoms with Crippen LogP contribution in [0.2, 0.25) is 0 Å². The third-order valence-electron chi connectivity index (χ3n) is 10.2. The Labute approximate surface area is 247 Å². The molecule has 7 atom stereocenters. The molecule has 41 heavy (non-hydrogen) atoms. The SMILES string of the molecule is C=CC(=O)N1CCN(C2NC(OCC3CCCN3C)NC3C[C@]4(CCc5cccc(F)c5S4)CCC32)CC1CC#N. The lowest BCUT2D eigenvalue weighted by molar-refractivity contribution is -0.135. The minimum atomic E-state index is -0.287. The minimum Gasteiger partial charge on any atom is -0.348 e. The number of ether oxygens (including phenoxy) is 1. The highest BCUT2D eigenvalue weighted by molar-refractivity contribution is 8.00. The van der Waals surface area contributed by atoms with Crippen molar-refractivity contribution in [3.63, 3.8) is 0 Å². The van der Waals surface area contributed by atoms with Crippen molar-refractivity contribution in [2.75, 3.05) is 39.8 Å². The number of rotatable bonds is 6. The van der Waals surface area contributed by atoms with Gasteiger partial charge in [-0.1, -0.05) is 18.7 Å². The summed E-state index contributed by atoms with van der Waals surface area (Å²) < 4.78 is 21.4. The average molecular weight is 583 g/mol. The van der Waals surface area contributed by atoms with E-state index in [0.717, 1.165) is 62.1 Å². The highest BCUT2D eigenvalue weighted by Gasteiger charge is 2.50. The van der Waals surface area contributed by atoms with Crippen LogP contribution in [0.4, 0.5) is 4.39 Å². The molecule has 5 aliphatic rings. The van der Waals surface area contributed by atoms with Gasteiger partial charge in [-0.05, 0) is 76.2 Å². The lowest BCUT2D eigenvalue weighted by atomic mass is 9.73. The van der Waals surface area contributed by atoms with Crippen LogP contribution in [0.25, 0.3) is 0 Å². The van der Waals surface area contributed by atoms with Gasteiger partial charge in [0.15, 0.2) is 6.35 Å². The van der Waals surface area contributed by atoms with E-state index in [4.69, 9.17) is 4.74 Å². The van der Waals surface area contributed by atoms with E-state index < -0.39 is 0 Å². The molecule has 6 unspecified atom stereocenters. The molecule has 4 heterocycles. The molecule has 3 saturated heterocycles. The van der Waals surface area contributed by atoms with E-state index in [9.17, 15) is 14.4 Å². The second-order valence-electron chi connectivity index (χ2n) is 12.5. The summed E-state index contributed by atoms with van der Waals surface area (Å²) in [7, 11) is 2.17. The fraction of sp³-hybridized carbons (Fsp3) is 0.677. The third kappa shape index (κ3) is 5.95. The summed E-state index contributed by atoms with van der Waals surface area (Å²) in [6, 6.07) is 8.27.